The summed E-state index contributed by atoms with van der Waals surface area (Å²) >= 11 is 0. The van der Waals surface area contributed by atoms with E-state index in [-0.39, 0.29) is 0 Å². The van der Waals surface area contributed by atoms with Crippen LogP contribution in [0.2, 0.25) is 0 Å². The third-order valence-corrected chi connectivity index (χ3v) is 4.03. The molecule has 0 amide bonds. The van der Waals surface area contributed by atoms with Crippen LogP contribution in [0.15, 0.2) is 79.9 Å². The Morgan fingerprint density at radius 2 is 1.50 bits per heavy atom. The molecule has 3 aromatic rings. The maximum Gasteiger partial charge on any atom is -0.00194 e. The van der Waals surface area contributed by atoms with Crippen LogP contribution in [0.5, 0.6) is 0 Å². The molecule has 0 aromatic heterocycles. The molecule has 0 unspecified atom stereocenters. The lowest BCUT2D eigenvalue weighted by atomic mass is 9.90. The number of hydrogen-bond acceptors (Lipinski definition) is 0. The van der Waals surface area contributed by atoms with E-state index in [0.29, 0.717) is 0 Å². The highest BCUT2D eigenvalue weighted by molar-refractivity contribution is 5.95. The van der Waals surface area contributed by atoms with Gasteiger partial charge in [0.2, 0.25) is 0 Å². The number of benzene rings is 3. The summed E-state index contributed by atoms with van der Waals surface area (Å²) in [6, 6.07) is 23.3. The predicted molar refractivity (Wildman–Crippen MR) is 97.8 cm³/mol. The summed E-state index contributed by atoms with van der Waals surface area (Å²) in [7, 11) is 0. The Morgan fingerprint density at radius 3 is 2.23 bits per heavy atom. The molecule has 0 nitrogen and oxygen atoms in total. The van der Waals surface area contributed by atoms with Crippen LogP contribution in [0.1, 0.15) is 23.6 Å². The molecule has 3 rings (SSSR count). The van der Waals surface area contributed by atoms with Crippen molar-refractivity contribution >= 4 is 21.9 Å². The van der Waals surface area contributed by atoms with Crippen LogP contribution in [0.4, 0.5) is 0 Å². The van der Waals surface area contributed by atoms with Crippen molar-refractivity contribution in [2.24, 2.45) is 0 Å². The van der Waals surface area contributed by atoms with E-state index in [1.54, 1.807) is 0 Å². The number of fused-ring (bicyclic) bond motifs is 1. The van der Waals surface area contributed by atoms with Crippen LogP contribution in [-0.2, 0) is 6.42 Å². The van der Waals surface area contributed by atoms with Gasteiger partial charge in [0.25, 0.3) is 0 Å². The first kappa shape index (κ1) is 14.3. The van der Waals surface area contributed by atoms with Crippen molar-refractivity contribution in [3.63, 3.8) is 0 Å². The second kappa shape index (κ2) is 6.03. The molecule has 22 heavy (non-hydrogen) atoms. The molecular formula is C22H20. The summed E-state index contributed by atoms with van der Waals surface area (Å²) < 4.78 is 0. The van der Waals surface area contributed by atoms with Gasteiger partial charge in [-0.05, 0) is 46.4 Å². The minimum absolute atomic E-state index is 0.844. The minimum Gasteiger partial charge on any atom is -0.0955 e. The third kappa shape index (κ3) is 2.73. The maximum absolute atomic E-state index is 4.27. The fraction of sp³-hybridized carbons (Fsp3) is 0.0909. The first-order chi connectivity index (χ1) is 10.7. The van der Waals surface area contributed by atoms with Crippen molar-refractivity contribution in [3.05, 3.63) is 96.6 Å². The monoisotopic (exact) mass is 284 g/mol. The molecule has 0 saturated heterocycles. The molecule has 0 saturated carbocycles. The topological polar surface area (TPSA) is 0 Å². The van der Waals surface area contributed by atoms with Gasteiger partial charge in [0.1, 0.15) is 0 Å². The fourth-order valence-corrected chi connectivity index (χ4v) is 2.97. The van der Waals surface area contributed by atoms with E-state index >= 15 is 0 Å². The Bertz CT molecular complexity index is 838. The Labute approximate surface area is 132 Å². The van der Waals surface area contributed by atoms with E-state index in [1.807, 2.05) is 6.07 Å². The lowest BCUT2D eigenvalue weighted by Crippen LogP contribution is -1.96. The molecule has 0 aliphatic heterocycles. The Kier molecular flexibility index (Phi) is 3.93. The van der Waals surface area contributed by atoms with Crippen molar-refractivity contribution in [1.82, 2.24) is 0 Å². The van der Waals surface area contributed by atoms with Crippen molar-refractivity contribution in [3.8, 4) is 0 Å². The van der Waals surface area contributed by atoms with Crippen molar-refractivity contribution in [1.29, 1.82) is 0 Å². The molecule has 0 radical (unpaired) electrons. The normalized spacial score (nSPS) is 10.6. The molecular weight excluding hydrogens is 264 g/mol. The zero-order chi connectivity index (χ0) is 15.5. The first-order valence-corrected chi connectivity index (χ1v) is 7.56. The Morgan fingerprint density at radius 1 is 0.818 bits per heavy atom. The lowest BCUT2D eigenvalue weighted by Gasteiger charge is -2.14. The van der Waals surface area contributed by atoms with E-state index in [1.165, 1.54) is 27.5 Å². The molecule has 0 heterocycles. The third-order valence-electron chi connectivity index (χ3n) is 4.03. The molecule has 0 fully saturated rings. The molecule has 0 spiro atoms. The van der Waals surface area contributed by atoms with Crippen LogP contribution in [0, 0.1) is 0 Å². The molecule has 0 atom stereocenters. The van der Waals surface area contributed by atoms with E-state index < -0.39 is 0 Å². The fourth-order valence-electron chi connectivity index (χ4n) is 2.97. The van der Waals surface area contributed by atoms with Crippen molar-refractivity contribution < 1.29 is 0 Å². The second-order valence-electron chi connectivity index (χ2n) is 5.75. The molecule has 0 heteroatoms. The highest BCUT2D eigenvalue weighted by Gasteiger charge is 2.10. The summed E-state index contributed by atoms with van der Waals surface area (Å²) in [6.07, 6.45) is 0.844. The Hall–Kier alpha value is -2.60. The van der Waals surface area contributed by atoms with Gasteiger partial charge < -0.3 is 0 Å². The SMILES string of the molecule is C=C(Cc1ccc2ccccc2c1C(=C)C)c1ccccc1. The highest BCUT2D eigenvalue weighted by Crippen LogP contribution is 2.30. The Balaban J connectivity index is 2.06. The van der Waals surface area contributed by atoms with Gasteiger partial charge in [-0.25, -0.2) is 0 Å². The van der Waals surface area contributed by atoms with Gasteiger partial charge in [0, 0.05) is 0 Å². The van der Waals surface area contributed by atoms with Crippen LogP contribution in [-0.4, -0.2) is 0 Å². The first-order valence-electron chi connectivity index (χ1n) is 7.56. The molecule has 108 valence electrons. The molecule has 3 aromatic carbocycles. The summed E-state index contributed by atoms with van der Waals surface area (Å²) in [5, 5.41) is 2.53. The summed E-state index contributed by atoms with van der Waals surface area (Å²) in [5.41, 5.74) is 5.99. The summed E-state index contributed by atoms with van der Waals surface area (Å²) in [6.45, 7) is 10.5. The molecule has 0 aliphatic rings. The van der Waals surface area contributed by atoms with Crippen LogP contribution < -0.4 is 0 Å². The summed E-state index contributed by atoms with van der Waals surface area (Å²) in [4.78, 5) is 0. The van der Waals surface area contributed by atoms with Gasteiger partial charge in [0.15, 0.2) is 0 Å². The summed E-state index contributed by atoms with van der Waals surface area (Å²) in [5.74, 6) is 0. The quantitative estimate of drug-likeness (QED) is 0.540. The van der Waals surface area contributed by atoms with Gasteiger partial charge in [-0.15, -0.1) is 0 Å². The van der Waals surface area contributed by atoms with Gasteiger partial charge in [-0.1, -0.05) is 85.5 Å². The van der Waals surface area contributed by atoms with Gasteiger partial charge in [-0.2, -0.15) is 0 Å². The smallest absolute Gasteiger partial charge is 0.00194 e. The minimum atomic E-state index is 0.844. The molecule has 0 bridgehead atoms. The zero-order valence-electron chi connectivity index (χ0n) is 13.0. The van der Waals surface area contributed by atoms with Crippen LogP contribution in [0.3, 0.4) is 0 Å². The molecule has 0 N–H and O–H groups in total. The van der Waals surface area contributed by atoms with Crippen LogP contribution >= 0.6 is 0 Å². The van der Waals surface area contributed by atoms with Crippen molar-refractivity contribution in [2.75, 3.05) is 0 Å². The van der Waals surface area contributed by atoms with Crippen molar-refractivity contribution in [2.45, 2.75) is 13.3 Å². The standard InChI is InChI=1S/C22H20/c1-16(2)22-20(14-13-19-11-7-8-12-21(19)22)15-17(3)18-9-5-4-6-10-18/h4-14H,1,3,15H2,2H3. The van der Waals surface area contributed by atoms with Gasteiger partial charge in [0.05, 0.1) is 0 Å². The van der Waals surface area contributed by atoms with Gasteiger partial charge >= 0.3 is 0 Å². The second-order valence-corrected chi connectivity index (χ2v) is 5.75. The van der Waals surface area contributed by atoms with E-state index in [2.05, 4.69) is 80.7 Å². The average Bonchev–Trinajstić information content (AvgIpc) is 2.55. The zero-order valence-corrected chi connectivity index (χ0v) is 13.0. The van der Waals surface area contributed by atoms with E-state index in [9.17, 15) is 0 Å². The average molecular weight is 284 g/mol. The maximum atomic E-state index is 4.27. The number of allylic oxidation sites excluding steroid dienone is 2. The number of hydrogen-bond donors (Lipinski definition) is 0. The largest absolute Gasteiger partial charge is 0.0955 e. The highest BCUT2D eigenvalue weighted by atomic mass is 14.1. The molecule has 0 aliphatic carbocycles. The van der Waals surface area contributed by atoms with Crippen LogP contribution in [0.25, 0.3) is 21.9 Å². The van der Waals surface area contributed by atoms with E-state index in [4.69, 9.17) is 0 Å². The van der Waals surface area contributed by atoms with Gasteiger partial charge in [-0.3, -0.25) is 0 Å². The number of rotatable bonds is 4. The van der Waals surface area contributed by atoms with E-state index in [0.717, 1.165) is 17.6 Å². The predicted octanol–water partition coefficient (Wildman–Crippen LogP) is 6.13. The lowest BCUT2D eigenvalue weighted by molar-refractivity contribution is 1.28.